The number of hydrogen-bond acceptors (Lipinski definition) is 5. The molecular weight excluding hydrogens is 498 g/mol. The zero-order chi connectivity index (χ0) is 28.3. The van der Waals surface area contributed by atoms with E-state index in [1.807, 2.05) is 29.8 Å². The number of fused-ring (bicyclic) bond motifs is 1. The topological polar surface area (TPSA) is 138 Å². The summed E-state index contributed by atoms with van der Waals surface area (Å²) in [5.41, 5.74) is 4.71. The van der Waals surface area contributed by atoms with Crippen molar-refractivity contribution in [2.24, 2.45) is 7.05 Å². The summed E-state index contributed by atoms with van der Waals surface area (Å²) in [7, 11) is 3.33. The number of amides is 2. The van der Waals surface area contributed by atoms with E-state index in [4.69, 9.17) is 5.11 Å². The van der Waals surface area contributed by atoms with Crippen molar-refractivity contribution in [3.05, 3.63) is 82.8 Å². The van der Waals surface area contributed by atoms with E-state index in [0.717, 1.165) is 22.0 Å². The van der Waals surface area contributed by atoms with Crippen molar-refractivity contribution in [1.82, 2.24) is 19.7 Å². The Hall–Kier alpha value is -4.44. The lowest BCUT2D eigenvalue weighted by molar-refractivity contribution is -0.137. The van der Waals surface area contributed by atoms with Crippen LogP contribution >= 0.6 is 0 Å². The summed E-state index contributed by atoms with van der Waals surface area (Å²) in [4.78, 5) is 36.8. The average Bonchev–Trinajstić information content (AvgIpc) is 3.50. The number of aliphatic hydroxyl groups is 1. The van der Waals surface area contributed by atoms with Gasteiger partial charge in [0.25, 0.3) is 5.91 Å². The van der Waals surface area contributed by atoms with Crippen molar-refractivity contribution in [2.45, 2.75) is 45.3 Å². The Morgan fingerprint density at radius 2 is 1.85 bits per heavy atom. The molecule has 0 aliphatic rings. The first-order valence-electron chi connectivity index (χ1n) is 12.7. The van der Waals surface area contributed by atoms with Crippen molar-refractivity contribution >= 4 is 34.4 Å². The molecule has 0 saturated heterocycles. The van der Waals surface area contributed by atoms with Crippen molar-refractivity contribution in [2.75, 3.05) is 12.4 Å². The molecular formula is C29H33N5O5. The molecule has 0 aliphatic heterocycles. The van der Waals surface area contributed by atoms with Crippen LogP contribution in [0.3, 0.4) is 0 Å². The van der Waals surface area contributed by atoms with E-state index in [9.17, 15) is 19.5 Å². The zero-order valence-corrected chi connectivity index (χ0v) is 22.4. The Balaban J connectivity index is 1.65. The molecule has 2 aromatic carbocycles. The Bertz CT molecular complexity index is 1540. The zero-order valence-electron chi connectivity index (χ0n) is 22.4. The fourth-order valence-electron chi connectivity index (χ4n) is 4.70. The van der Waals surface area contributed by atoms with Gasteiger partial charge in [0.1, 0.15) is 12.1 Å². The van der Waals surface area contributed by atoms with Crippen LogP contribution in [0.1, 0.15) is 64.5 Å². The quantitative estimate of drug-likeness (QED) is 0.246. The van der Waals surface area contributed by atoms with Gasteiger partial charge < -0.3 is 25.4 Å². The van der Waals surface area contributed by atoms with Gasteiger partial charge in [-0.1, -0.05) is 18.2 Å². The van der Waals surface area contributed by atoms with E-state index in [1.54, 1.807) is 62.4 Å². The number of hydrogen-bond donors (Lipinski definition) is 4. The van der Waals surface area contributed by atoms with Crippen LogP contribution in [-0.2, 0) is 23.1 Å². The number of carbonyl (C=O) groups is 3. The first-order chi connectivity index (χ1) is 18.6. The van der Waals surface area contributed by atoms with Crippen LogP contribution in [0.2, 0.25) is 0 Å². The largest absolute Gasteiger partial charge is 0.481 e. The SMILES string of the molecule is CNC(=O)c1ccc2c(C)cn(C(C)C(=O)Nc3cc(C(O)c4cnn(C)c4)ccc3CCCC(=O)O)c2c1. The maximum Gasteiger partial charge on any atom is 0.303 e. The Morgan fingerprint density at radius 3 is 2.51 bits per heavy atom. The van der Waals surface area contributed by atoms with E-state index in [0.29, 0.717) is 35.2 Å². The third kappa shape index (κ3) is 6.01. The van der Waals surface area contributed by atoms with Gasteiger partial charge in [0.15, 0.2) is 0 Å². The standard InChI is InChI=1S/C29H33N5O5/c1-17-15-34(25-13-21(29(39)30-3)10-11-23(17)25)18(2)28(38)32-24-12-20(27(37)22-14-31-33(4)16-22)9-8-19(24)6-5-7-26(35)36/h8-16,18,27,37H,5-7H2,1-4H3,(H,30,39)(H,32,38)(H,35,36). The summed E-state index contributed by atoms with van der Waals surface area (Å²) < 4.78 is 3.44. The molecule has 0 fully saturated rings. The van der Waals surface area contributed by atoms with E-state index in [-0.39, 0.29) is 18.2 Å². The first-order valence-corrected chi connectivity index (χ1v) is 12.7. The molecule has 10 heteroatoms. The number of anilines is 1. The predicted octanol–water partition coefficient (Wildman–Crippen LogP) is 3.73. The Kier molecular flexibility index (Phi) is 8.15. The minimum absolute atomic E-state index is 0.00611. The molecule has 2 heterocycles. The van der Waals surface area contributed by atoms with Crippen molar-refractivity contribution in [3.8, 4) is 0 Å². The Morgan fingerprint density at radius 1 is 1.08 bits per heavy atom. The molecule has 4 N–H and O–H groups in total. The molecule has 10 nitrogen and oxygen atoms in total. The van der Waals surface area contributed by atoms with Crippen LogP contribution in [0.4, 0.5) is 5.69 Å². The fourth-order valence-corrected chi connectivity index (χ4v) is 4.70. The number of aliphatic carboxylic acids is 1. The molecule has 2 aromatic heterocycles. The molecule has 204 valence electrons. The highest BCUT2D eigenvalue weighted by Crippen LogP contribution is 2.30. The highest BCUT2D eigenvalue weighted by atomic mass is 16.4. The molecule has 0 bridgehead atoms. The number of aromatic nitrogens is 3. The first kappa shape index (κ1) is 27.6. The molecule has 4 rings (SSSR count). The lowest BCUT2D eigenvalue weighted by Crippen LogP contribution is -2.24. The van der Waals surface area contributed by atoms with Crippen LogP contribution < -0.4 is 10.6 Å². The minimum Gasteiger partial charge on any atom is -0.481 e. The molecule has 2 amide bonds. The number of nitrogens with zero attached hydrogens (tertiary/aromatic N) is 3. The molecule has 2 atom stereocenters. The van der Waals surface area contributed by atoms with Gasteiger partial charge >= 0.3 is 5.97 Å². The summed E-state index contributed by atoms with van der Waals surface area (Å²) in [6.07, 6.45) is 5.10. The summed E-state index contributed by atoms with van der Waals surface area (Å²) in [6.45, 7) is 3.73. The van der Waals surface area contributed by atoms with E-state index < -0.39 is 18.1 Å². The maximum absolute atomic E-state index is 13.5. The van der Waals surface area contributed by atoms with Gasteiger partial charge in [-0.3, -0.25) is 19.1 Å². The van der Waals surface area contributed by atoms with Gasteiger partial charge in [0, 0.05) is 60.6 Å². The number of benzene rings is 2. The molecule has 4 aromatic rings. The smallest absolute Gasteiger partial charge is 0.303 e. The number of nitrogens with one attached hydrogen (secondary N) is 2. The second kappa shape index (κ2) is 11.5. The highest BCUT2D eigenvalue weighted by Gasteiger charge is 2.21. The lowest BCUT2D eigenvalue weighted by Gasteiger charge is -2.19. The number of carboxylic acids is 1. The van der Waals surface area contributed by atoms with E-state index >= 15 is 0 Å². The third-order valence-electron chi connectivity index (χ3n) is 6.90. The van der Waals surface area contributed by atoms with Crippen LogP contribution in [0.25, 0.3) is 10.9 Å². The molecule has 0 radical (unpaired) electrons. The minimum atomic E-state index is -0.945. The second-order valence-electron chi connectivity index (χ2n) is 9.71. The van der Waals surface area contributed by atoms with Gasteiger partial charge in [-0.05, 0) is 61.6 Å². The molecule has 39 heavy (non-hydrogen) atoms. The van der Waals surface area contributed by atoms with Crippen molar-refractivity contribution in [3.63, 3.8) is 0 Å². The van der Waals surface area contributed by atoms with Crippen LogP contribution in [0.5, 0.6) is 0 Å². The van der Waals surface area contributed by atoms with E-state index in [2.05, 4.69) is 15.7 Å². The van der Waals surface area contributed by atoms with Crippen LogP contribution in [0, 0.1) is 6.92 Å². The predicted molar refractivity (Wildman–Crippen MR) is 148 cm³/mol. The molecule has 0 spiro atoms. The van der Waals surface area contributed by atoms with Crippen molar-refractivity contribution < 1.29 is 24.6 Å². The molecule has 2 unspecified atom stereocenters. The van der Waals surface area contributed by atoms with Crippen molar-refractivity contribution in [1.29, 1.82) is 0 Å². The number of carbonyl (C=O) groups excluding carboxylic acids is 2. The van der Waals surface area contributed by atoms with Gasteiger partial charge in [-0.15, -0.1) is 0 Å². The lowest BCUT2D eigenvalue weighted by atomic mass is 9.98. The number of carboxylic acid groups (broad SMARTS) is 1. The van der Waals surface area contributed by atoms with Crippen LogP contribution in [0.15, 0.2) is 55.0 Å². The highest BCUT2D eigenvalue weighted by molar-refractivity contribution is 6.00. The number of aliphatic hydroxyl groups excluding tert-OH is 1. The van der Waals surface area contributed by atoms with Gasteiger partial charge in [-0.2, -0.15) is 5.10 Å². The Labute approximate surface area is 226 Å². The van der Waals surface area contributed by atoms with Gasteiger partial charge in [0.05, 0.1) is 6.20 Å². The summed E-state index contributed by atoms with van der Waals surface area (Å²) in [5, 5.41) is 30.7. The molecule has 0 saturated carbocycles. The monoisotopic (exact) mass is 531 g/mol. The summed E-state index contributed by atoms with van der Waals surface area (Å²) in [6, 6.07) is 10.1. The second-order valence-corrected chi connectivity index (χ2v) is 9.71. The third-order valence-corrected chi connectivity index (χ3v) is 6.90. The van der Waals surface area contributed by atoms with E-state index in [1.165, 1.54) is 0 Å². The number of rotatable bonds is 10. The average molecular weight is 532 g/mol. The summed E-state index contributed by atoms with van der Waals surface area (Å²) >= 11 is 0. The number of aryl methyl sites for hydroxylation is 3. The van der Waals surface area contributed by atoms with Gasteiger partial charge in [-0.25, -0.2) is 0 Å². The maximum atomic E-state index is 13.5. The fraction of sp³-hybridized carbons (Fsp3) is 0.310. The normalized spacial score (nSPS) is 12.7. The van der Waals surface area contributed by atoms with Crippen LogP contribution in [-0.4, -0.2) is 49.4 Å². The van der Waals surface area contributed by atoms with Gasteiger partial charge in [0.2, 0.25) is 5.91 Å². The summed E-state index contributed by atoms with van der Waals surface area (Å²) in [5.74, 6) is -1.39. The molecule has 0 aliphatic carbocycles.